The van der Waals surface area contributed by atoms with Crippen molar-refractivity contribution >= 4 is 11.4 Å². The van der Waals surface area contributed by atoms with Gasteiger partial charge in [0.05, 0.1) is 12.7 Å². The van der Waals surface area contributed by atoms with Gasteiger partial charge in [0.2, 0.25) is 0 Å². The summed E-state index contributed by atoms with van der Waals surface area (Å²) >= 11 is 0. The molecule has 25 heavy (non-hydrogen) atoms. The zero-order chi connectivity index (χ0) is 18.0. The molecule has 0 bridgehead atoms. The van der Waals surface area contributed by atoms with Crippen molar-refractivity contribution < 1.29 is 0 Å². The molecule has 0 radical (unpaired) electrons. The molecule has 1 aliphatic heterocycles. The summed E-state index contributed by atoms with van der Waals surface area (Å²) < 4.78 is 0. The molecule has 0 fully saturated rings. The Bertz CT molecular complexity index is 741. The minimum Gasteiger partial charge on any atom is -0.347 e. The number of hydrogen-bond acceptors (Lipinski definition) is 2. The average molecular weight is 335 g/mol. The molecule has 1 heterocycles. The maximum Gasteiger partial charge on any atom is 0.0954 e. The van der Waals surface area contributed by atoms with Crippen LogP contribution in [0.5, 0.6) is 0 Å². The normalized spacial score (nSPS) is 18.0. The Morgan fingerprint density at radius 2 is 1.32 bits per heavy atom. The summed E-state index contributed by atoms with van der Waals surface area (Å²) in [5, 5.41) is 0. The molecule has 0 saturated heterocycles. The van der Waals surface area contributed by atoms with Gasteiger partial charge in [-0.1, -0.05) is 49.2 Å². The van der Waals surface area contributed by atoms with E-state index in [0.717, 1.165) is 19.5 Å². The van der Waals surface area contributed by atoms with Crippen LogP contribution in [0.1, 0.15) is 44.7 Å². The van der Waals surface area contributed by atoms with Crippen LogP contribution in [0.2, 0.25) is 0 Å². The second kappa shape index (κ2) is 7.35. The van der Waals surface area contributed by atoms with E-state index in [-0.39, 0.29) is 0 Å². The topological polar surface area (TPSA) is 6.48 Å². The molecule has 0 amide bonds. The van der Waals surface area contributed by atoms with Gasteiger partial charge in [0, 0.05) is 17.1 Å². The Labute approximate surface area is 152 Å². The van der Waals surface area contributed by atoms with Crippen LogP contribution < -0.4 is 9.80 Å². The highest BCUT2D eigenvalue weighted by molar-refractivity contribution is 5.61. The fourth-order valence-electron chi connectivity index (χ4n) is 3.93. The van der Waals surface area contributed by atoms with Gasteiger partial charge in [-0.25, -0.2) is 0 Å². The molecule has 1 atom stereocenters. The van der Waals surface area contributed by atoms with E-state index in [1.54, 1.807) is 0 Å². The van der Waals surface area contributed by atoms with E-state index in [0.29, 0.717) is 6.04 Å². The van der Waals surface area contributed by atoms with E-state index in [4.69, 9.17) is 0 Å². The first-order valence-electron chi connectivity index (χ1n) is 9.42. The summed E-state index contributed by atoms with van der Waals surface area (Å²) in [5.41, 5.74) is 8.18. The molecule has 132 valence electrons. The van der Waals surface area contributed by atoms with Crippen LogP contribution in [0, 0.1) is 13.8 Å². The van der Waals surface area contributed by atoms with Crippen LogP contribution in [0.4, 0.5) is 11.4 Å². The fourth-order valence-corrected chi connectivity index (χ4v) is 3.93. The summed E-state index contributed by atoms with van der Waals surface area (Å²) in [6.45, 7) is 12.1. The molecule has 2 nitrogen and oxygen atoms in total. The zero-order valence-corrected chi connectivity index (χ0v) is 16.2. The number of nitrogens with zero attached hydrogens (tertiary/aromatic N) is 2. The molecule has 0 aliphatic carbocycles. The molecule has 2 aromatic carbocycles. The molecule has 1 unspecified atom stereocenters. The third kappa shape index (κ3) is 3.44. The highest BCUT2D eigenvalue weighted by Gasteiger charge is 2.30. The van der Waals surface area contributed by atoms with Gasteiger partial charge in [0.25, 0.3) is 0 Å². The van der Waals surface area contributed by atoms with E-state index >= 15 is 0 Å². The lowest BCUT2D eigenvalue weighted by molar-refractivity contribution is 0.585. The molecular weight excluding hydrogens is 304 g/mol. The molecule has 0 aromatic heterocycles. The van der Waals surface area contributed by atoms with Crippen molar-refractivity contribution in [1.29, 1.82) is 0 Å². The van der Waals surface area contributed by atoms with Gasteiger partial charge in [-0.2, -0.15) is 0 Å². The van der Waals surface area contributed by atoms with Gasteiger partial charge in [-0.05, 0) is 63.5 Å². The van der Waals surface area contributed by atoms with E-state index in [1.165, 1.54) is 33.8 Å². The summed E-state index contributed by atoms with van der Waals surface area (Å²) in [7, 11) is 0. The predicted octanol–water partition coefficient (Wildman–Crippen LogP) is 6.05. The molecule has 2 heteroatoms. The molecule has 3 rings (SSSR count). The lowest BCUT2D eigenvalue weighted by Gasteiger charge is -2.45. The van der Waals surface area contributed by atoms with E-state index < -0.39 is 0 Å². The van der Waals surface area contributed by atoms with Gasteiger partial charge in [-0.3, -0.25) is 0 Å². The number of hydrogen-bond donors (Lipinski definition) is 0. The minimum atomic E-state index is 0.472. The number of allylic oxidation sites excluding steroid dienone is 1. The highest BCUT2D eigenvalue weighted by Crippen LogP contribution is 2.35. The summed E-state index contributed by atoms with van der Waals surface area (Å²) in [6.07, 6.45) is 2.20. The minimum absolute atomic E-state index is 0.472. The van der Waals surface area contributed by atoms with Crippen LogP contribution >= 0.6 is 0 Å². The highest BCUT2D eigenvalue weighted by atomic mass is 15.4. The van der Waals surface area contributed by atoms with Gasteiger partial charge in [0.1, 0.15) is 0 Å². The Morgan fingerprint density at radius 1 is 0.800 bits per heavy atom. The van der Waals surface area contributed by atoms with Gasteiger partial charge in [0.15, 0.2) is 0 Å². The molecule has 2 aromatic rings. The third-order valence-corrected chi connectivity index (χ3v) is 5.38. The summed E-state index contributed by atoms with van der Waals surface area (Å²) in [5.74, 6) is 0. The zero-order valence-electron chi connectivity index (χ0n) is 16.2. The Balaban J connectivity index is 2.04. The predicted molar refractivity (Wildman–Crippen MR) is 109 cm³/mol. The second-order valence-corrected chi connectivity index (χ2v) is 7.12. The molecule has 1 aliphatic rings. The average Bonchev–Trinajstić information content (AvgIpc) is 2.62. The lowest BCUT2D eigenvalue weighted by Crippen LogP contribution is -2.49. The number of anilines is 2. The number of benzene rings is 2. The van der Waals surface area contributed by atoms with Crippen LogP contribution in [0.25, 0.3) is 0 Å². The van der Waals surface area contributed by atoms with Crippen molar-refractivity contribution in [3.05, 3.63) is 70.9 Å². The van der Waals surface area contributed by atoms with Crippen LogP contribution in [0.15, 0.2) is 59.8 Å². The van der Waals surface area contributed by atoms with Gasteiger partial charge in [-0.15, -0.1) is 0 Å². The summed E-state index contributed by atoms with van der Waals surface area (Å²) in [4.78, 5) is 5.04. The van der Waals surface area contributed by atoms with Crippen molar-refractivity contribution in [2.75, 3.05) is 16.5 Å². The quantitative estimate of drug-likeness (QED) is 0.671. The van der Waals surface area contributed by atoms with Gasteiger partial charge < -0.3 is 9.80 Å². The smallest absolute Gasteiger partial charge is 0.0954 e. The van der Waals surface area contributed by atoms with E-state index in [2.05, 4.69) is 92.9 Å². The first-order valence-corrected chi connectivity index (χ1v) is 9.42. The maximum atomic E-state index is 2.55. The Kier molecular flexibility index (Phi) is 5.17. The monoisotopic (exact) mass is 334 g/mol. The van der Waals surface area contributed by atoms with Crippen molar-refractivity contribution in [2.45, 2.75) is 53.5 Å². The first-order chi connectivity index (χ1) is 12.0. The Morgan fingerprint density at radius 3 is 1.80 bits per heavy atom. The second-order valence-electron chi connectivity index (χ2n) is 7.12. The van der Waals surface area contributed by atoms with Crippen LogP contribution in [0.3, 0.4) is 0 Å². The molecule has 0 N–H and O–H groups in total. The fraction of sp³-hybridized carbons (Fsp3) is 0.391. The number of rotatable bonds is 4. The van der Waals surface area contributed by atoms with Crippen LogP contribution in [-0.2, 0) is 0 Å². The lowest BCUT2D eigenvalue weighted by atomic mass is 9.96. The molecular formula is C23H30N2. The summed E-state index contributed by atoms with van der Waals surface area (Å²) in [6, 6.07) is 18.3. The van der Waals surface area contributed by atoms with Crippen molar-refractivity contribution in [3.63, 3.8) is 0 Å². The van der Waals surface area contributed by atoms with Crippen LogP contribution in [-0.4, -0.2) is 12.7 Å². The van der Waals surface area contributed by atoms with Crippen molar-refractivity contribution in [3.8, 4) is 0 Å². The van der Waals surface area contributed by atoms with Crippen molar-refractivity contribution in [1.82, 2.24) is 0 Å². The maximum absolute atomic E-state index is 2.55. The molecule has 0 saturated carbocycles. The number of aryl methyl sites for hydroxylation is 2. The first kappa shape index (κ1) is 17.6. The third-order valence-electron chi connectivity index (χ3n) is 5.38. The van der Waals surface area contributed by atoms with E-state index in [9.17, 15) is 0 Å². The Hall–Kier alpha value is -2.22. The molecule has 0 spiro atoms. The van der Waals surface area contributed by atoms with Gasteiger partial charge >= 0.3 is 0 Å². The van der Waals surface area contributed by atoms with Crippen molar-refractivity contribution in [2.24, 2.45) is 0 Å². The van der Waals surface area contributed by atoms with E-state index in [1.807, 2.05) is 0 Å². The standard InChI is InChI=1S/C23H30N2/c1-6-22-19(5)23(7-2)25(21-14-10-18(4)11-15-21)16-24(22)20-12-8-17(3)9-13-20/h8-15,22H,6-7,16H2,1-5H3. The largest absolute Gasteiger partial charge is 0.347 e. The SMILES string of the molecule is CCC1=C(C)C(CC)N(c2ccc(C)cc2)CN1c1ccc(C)cc1.